The molecule has 4 nitrogen and oxygen atoms in total. The summed E-state index contributed by atoms with van der Waals surface area (Å²) >= 11 is 7.70. The quantitative estimate of drug-likeness (QED) is 0.729. The van der Waals surface area contributed by atoms with E-state index in [1.807, 2.05) is 49.4 Å². The fraction of sp³-hybridized carbons (Fsp3) is 0.300. The number of hydrogen-bond acceptors (Lipinski definition) is 3. The van der Waals surface area contributed by atoms with Gasteiger partial charge in [0.1, 0.15) is 6.04 Å². The lowest BCUT2D eigenvalue weighted by Crippen LogP contribution is -2.47. The molecule has 6 heteroatoms. The first-order valence-electron chi connectivity index (χ1n) is 8.36. The van der Waals surface area contributed by atoms with Crippen LogP contribution in [0.3, 0.4) is 0 Å². The van der Waals surface area contributed by atoms with E-state index < -0.39 is 6.04 Å². The largest absolute Gasteiger partial charge is 0.357 e. The Morgan fingerprint density at radius 2 is 1.81 bits per heavy atom. The van der Waals surface area contributed by atoms with Crippen molar-refractivity contribution in [2.45, 2.75) is 31.3 Å². The highest BCUT2D eigenvalue weighted by atomic mass is 35.5. The minimum Gasteiger partial charge on any atom is -0.357 e. The van der Waals surface area contributed by atoms with Gasteiger partial charge in [-0.05, 0) is 37.6 Å². The third-order valence-corrected chi connectivity index (χ3v) is 5.46. The predicted octanol–water partition coefficient (Wildman–Crippen LogP) is 3.90. The average molecular weight is 391 g/mol. The first-order valence-corrected chi connectivity index (χ1v) is 9.72. The minimum atomic E-state index is -0.581. The van der Waals surface area contributed by atoms with E-state index in [1.54, 1.807) is 24.9 Å². The molecule has 2 aromatic carbocycles. The van der Waals surface area contributed by atoms with E-state index in [0.717, 1.165) is 10.5 Å². The van der Waals surface area contributed by atoms with Gasteiger partial charge in [-0.15, -0.1) is 11.8 Å². The van der Waals surface area contributed by atoms with Crippen LogP contribution in [0.2, 0.25) is 5.02 Å². The highest BCUT2D eigenvalue weighted by Crippen LogP contribution is 2.22. The van der Waals surface area contributed by atoms with E-state index in [0.29, 0.717) is 11.6 Å². The Bertz CT molecular complexity index is 765. The Hall–Kier alpha value is -1.98. The predicted molar refractivity (Wildman–Crippen MR) is 107 cm³/mol. The van der Waals surface area contributed by atoms with Crippen LogP contribution in [0.4, 0.5) is 0 Å². The van der Waals surface area contributed by atoms with Gasteiger partial charge in [0.15, 0.2) is 0 Å². The number of hydrogen-bond donors (Lipinski definition) is 1. The number of likely N-dealkylation sites (N-methyl/N-ethyl adjacent to an activating group) is 1. The van der Waals surface area contributed by atoms with Crippen molar-refractivity contribution in [1.29, 1.82) is 0 Å². The van der Waals surface area contributed by atoms with Crippen molar-refractivity contribution in [3.63, 3.8) is 0 Å². The van der Waals surface area contributed by atoms with Crippen molar-refractivity contribution in [3.05, 3.63) is 64.7 Å². The summed E-state index contributed by atoms with van der Waals surface area (Å²) in [6.07, 6.45) is 0. The number of carbonyl (C=O) groups excluding carboxylic acids is 2. The maximum Gasteiger partial charge on any atom is 0.242 e. The SMILES string of the molecule is CNC(=O)C(C)N(Cc1ccccc1Cl)C(=O)CSc1ccc(C)cc1. The molecule has 0 aliphatic heterocycles. The number of halogens is 1. The number of nitrogens with zero attached hydrogens (tertiary/aromatic N) is 1. The third-order valence-electron chi connectivity index (χ3n) is 4.10. The second-order valence-corrected chi connectivity index (χ2v) is 7.46. The summed E-state index contributed by atoms with van der Waals surface area (Å²) in [4.78, 5) is 27.5. The van der Waals surface area contributed by atoms with Gasteiger partial charge in [0.05, 0.1) is 5.75 Å². The molecule has 0 saturated heterocycles. The zero-order valence-electron chi connectivity index (χ0n) is 15.2. The number of amides is 2. The molecule has 1 N–H and O–H groups in total. The van der Waals surface area contributed by atoms with E-state index in [2.05, 4.69) is 5.32 Å². The molecule has 1 atom stereocenters. The van der Waals surface area contributed by atoms with Crippen LogP contribution in [0.5, 0.6) is 0 Å². The van der Waals surface area contributed by atoms with Crippen LogP contribution in [0.15, 0.2) is 53.4 Å². The van der Waals surface area contributed by atoms with Crippen molar-refractivity contribution >= 4 is 35.2 Å². The smallest absolute Gasteiger partial charge is 0.242 e. The lowest BCUT2D eigenvalue weighted by atomic mass is 10.1. The van der Waals surface area contributed by atoms with Gasteiger partial charge in [0, 0.05) is 23.5 Å². The molecule has 0 saturated carbocycles. The van der Waals surface area contributed by atoms with Gasteiger partial charge < -0.3 is 10.2 Å². The van der Waals surface area contributed by atoms with E-state index in [9.17, 15) is 9.59 Å². The van der Waals surface area contributed by atoms with Crippen molar-refractivity contribution in [1.82, 2.24) is 10.2 Å². The number of aryl methyl sites for hydroxylation is 1. The van der Waals surface area contributed by atoms with E-state index >= 15 is 0 Å². The van der Waals surface area contributed by atoms with Crippen LogP contribution in [-0.4, -0.2) is 35.6 Å². The second kappa shape index (κ2) is 9.64. The first-order chi connectivity index (χ1) is 12.4. The van der Waals surface area contributed by atoms with E-state index in [1.165, 1.54) is 17.3 Å². The van der Waals surface area contributed by atoms with Crippen LogP contribution in [0.1, 0.15) is 18.1 Å². The summed E-state index contributed by atoms with van der Waals surface area (Å²) in [5, 5.41) is 3.19. The lowest BCUT2D eigenvalue weighted by Gasteiger charge is -2.28. The van der Waals surface area contributed by atoms with Gasteiger partial charge in [0.2, 0.25) is 11.8 Å². The molecule has 0 aliphatic rings. The Morgan fingerprint density at radius 3 is 2.42 bits per heavy atom. The van der Waals surface area contributed by atoms with Gasteiger partial charge in [-0.2, -0.15) is 0 Å². The summed E-state index contributed by atoms with van der Waals surface area (Å²) in [5.41, 5.74) is 1.99. The molecule has 0 fully saturated rings. The molecule has 2 rings (SSSR count). The summed E-state index contributed by atoms with van der Waals surface area (Å²) < 4.78 is 0. The van der Waals surface area contributed by atoms with Gasteiger partial charge in [-0.25, -0.2) is 0 Å². The van der Waals surface area contributed by atoms with Gasteiger partial charge in [-0.3, -0.25) is 9.59 Å². The van der Waals surface area contributed by atoms with E-state index in [-0.39, 0.29) is 17.6 Å². The molecule has 26 heavy (non-hydrogen) atoms. The molecule has 0 bridgehead atoms. The van der Waals surface area contributed by atoms with Crippen LogP contribution in [-0.2, 0) is 16.1 Å². The highest BCUT2D eigenvalue weighted by molar-refractivity contribution is 8.00. The number of nitrogens with one attached hydrogen (secondary N) is 1. The zero-order valence-corrected chi connectivity index (χ0v) is 16.7. The second-order valence-electron chi connectivity index (χ2n) is 6.01. The maximum atomic E-state index is 12.8. The van der Waals surface area contributed by atoms with Crippen LogP contribution in [0.25, 0.3) is 0 Å². The molecule has 1 unspecified atom stereocenters. The van der Waals surface area contributed by atoms with Gasteiger partial charge in [-0.1, -0.05) is 47.5 Å². The van der Waals surface area contributed by atoms with E-state index in [4.69, 9.17) is 11.6 Å². The van der Waals surface area contributed by atoms with Crippen molar-refractivity contribution in [2.24, 2.45) is 0 Å². The molecule has 2 aromatic rings. The van der Waals surface area contributed by atoms with Crippen LogP contribution >= 0.6 is 23.4 Å². The normalized spacial score (nSPS) is 11.7. The summed E-state index contributed by atoms with van der Waals surface area (Å²) in [6, 6.07) is 14.8. The standard InChI is InChI=1S/C20H23ClN2O2S/c1-14-8-10-17(11-9-14)26-13-19(24)23(15(2)20(25)22-3)12-16-6-4-5-7-18(16)21/h4-11,15H,12-13H2,1-3H3,(H,22,25). The molecule has 0 heterocycles. The number of benzene rings is 2. The van der Waals surface area contributed by atoms with Crippen LogP contribution < -0.4 is 5.32 Å². The highest BCUT2D eigenvalue weighted by Gasteiger charge is 2.26. The van der Waals surface area contributed by atoms with Crippen LogP contribution in [0, 0.1) is 6.92 Å². The van der Waals surface area contributed by atoms with Crippen molar-refractivity contribution < 1.29 is 9.59 Å². The zero-order chi connectivity index (χ0) is 19.1. The summed E-state index contributed by atoms with van der Waals surface area (Å²) in [6.45, 7) is 4.04. The molecule has 0 spiro atoms. The Kier molecular flexibility index (Phi) is 7.54. The monoisotopic (exact) mass is 390 g/mol. The number of thioether (sulfide) groups is 1. The summed E-state index contributed by atoms with van der Waals surface area (Å²) in [7, 11) is 1.57. The maximum absolute atomic E-state index is 12.8. The fourth-order valence-corrected chi connectivity index (χ4v) is 3.44. The molecule has 138 valence electrons. The Balaban J connectivity index is 2.13. The molecule has 0 radical (unpaired) electrons. The third kappa shape index (κ3) is 5.51. The van der Waals surface area contributed by atoms with Crippen molar-refractivity contribution in [3.8, 4) is 0 Å². The topological polar surface area (TPSA) is 49.4 Å². The Morgan fingerprint density at radius 1 is 1.15 bits per heavy atom. The molecule has 0 aliphatic carbocycles. The average Bonchev–Trinajstić information content (AvgIpc) is 2.65. The Labute approximate surface area is 163 Å². The van der Waals surface area contributed by atoms with Crippen molar-refractivity contribution in [2.75, 3.05) is 12.8 Å². The summed E-state index contributed by atoms with van der Waals surface area (Å²) in [5.74, 6) is -0.0492. The molecule has 0 aromatic heterocycles. The first kappa shape index (κ1) is 20.3. The minimum absolute atomic E-state index is 0.105. The molecule has 2 amide bonds. The molecular weight excluding hydrogens is 368 g/mol. The number of rotatable bonds is 7. The lowest BCUT2D eigenvalue weighted by molar-refractivity contribution is -0.138. The van der Waals surface area contributed by atoms with Gasteiger partial charge >= 0.3 is 0 Å². The number of carbonyl (C=O) groups is 2. The molecular formula is C20H23ClN2O2S. The van der Waals surface area contributed by atoms with Gasteiger partial charge in [0.25, 0.3) is 0 Å². The fourth-order valence-electron chi connectivity index (χ4n) is 2.46.